The summed E-state index contributed by atoms with van der Waals surface area (Å²) < 4.78 is 1.07. The number of allylic oxidation sites excluding steroid dienone is 1. The van der Waals surface area contributed by atoms with Crippen LogP contribution in [-0.4, -0.2) is 5.78 Å². The molecule has 0 heterocycles. The first kappa shape index (κ1) is 14.5. The standard InChI is InChI=1S/C17H16BrNO/c1-12-3-5-14(6-4-12)17(20)9-10-19-15-7-8-16(18)13(2)11-15/h3-11,19H,1-2H3/b10-9+. The molecule has 2 aromatic rings. The van der Waals surface area contributed by atoms with Crippen molar-refractivity contribution in [3.63, 3.8) is 0 Å². The summed E-state index contributed by atoms with van der Waals surface area (Å²) in [6.45, 7) is 4.03. The Labute approximate surface area is 127 Å². The maximum absolute atomic E-state index is 11.9. The van der Waals surface area contributed by atoms with E-state index >= 15 is 0 Å². The van der Waals surface area contributed by atoms with Crippen LogP contribution in [0.1, 0.15) is 21.5 Å². The molecule has 0 atom stereocenters. The van der Waals surface area contributed by atoms with Crippen molar-refractivity contribution >= 4 is 27.4 Å². The molecule has 0 amide bonds. The third-order valence-corrected chi connectivity index (χ3v) is 3.87. The minimum absolute atomic E-state index is 0.00802. The highest BCUT2D eigenvalue weighted by Gasteiger charge is 2.00. The Morgan fingerprint density at radius 2 is 1.80 bits per heavy atom. The quantitative estimate of drug-likeness (QED) is 0.640. The van der Waals surface area contributed by atoms with Gasteiger partial charge in [-0.3, -0.25) is 4.79 Å². The fraction of sp³-hybridized carbons (Fsp3) is 0.118. The topological polar surface area (TPSA) is 29.1 Å². The molecule has 0 bridgehead atoms. The lowest BCUT2D eigenvalue weighted by molar-refractivity contribution is 0.104. The first-order chi connectivity index (χ1) is 9.56. The second-order valence-corrected chi connectivity index (χ2v) is 5.53. The maximum atomic E-state index is 11.9. The molecule has 2 aromatic carbocycles. The number of halogens is 1. The lowest BCUT2D eigenvalue weighted by atomic mass is 10.1. The summed E-state index contributed by atoms with van der Waals surface area (Å²) in [5.41, 5.74) is 3.95. The second-order valence-electron chi connectivity index (χ2n) is 4.67. The van der Waals surface area contributed by atoms with Crippen LogP contribution in [0.25, 0.3) is 0 Å². The zero-order chi connectivity index (χ0) is 14.5. The molecule has 1 N–H and O–H groups in total. The Morgan fingerprint density at radius 3 is 2.45 bits per heavy atom. The molecule has 0 saturated carbocycles. The van der Waals surface area contributed by atoms with Gasteiger partial charge in [-0.2, -0.15) is 0 Å². The van der Waals surface area contributed by atoms with Crippen molar-refractivity contribution in [2.45, 2.75) is 13.8 Å². The molecule has 0 aliphatic rings. The molecule has 0 aliphatic carbocycles. The predicted octanol–water partition coefficient (Wildman–Crippen LogP) is 4.87. The molecule has 0 aliphatic heterocycles. The molecule has 2 nitrogen and oxygen atoms in total. The molecule has 0 unspecified atom stereocenters. The van der Waals surface area contributed by atoms with E-state index in [9.17, 15) is 4.79 Å². The molecule has 102 valence electrons. The highest BCUT2D eigenvalue weighted by Crippen LogP contribution is 2.19. The summed E-state index contributed by atoms with van der Waals surface area (Å²) in [6, 6.07) is 13.5. The molecule has 0 radical (unpaired) electrons. The van der Waals surface area contributed by atoms with E-state index in [0.29, 0.717) is 5.56 Å². The predicted molar refractivity (Wildman–Crippen MR) is 87.2 cm³/mol. The van der Waals surface area contributed by atoms with Gasteiger partial charge in [-0.05, 0) is 37.6 Å². The normalized spacial score (nSPS) is 10.8. The van der Waals surface area contributed by atoms with Crippen molar-refractivity contribution in [3.05, 3.63) is 75.9 Å². The summed E-state index contributed by atoms with van der Waals surface area (Å²) in [7, 11) is 0. The van der Waals surface area contributed by atoms with Crippen molar-refractivity contribution in [1.29, 1.82) is 0 Å². The van der Waals surface area contributed by atoms with Crippen LogP contribution < -0.4 is 5.32 Å². The van der Waals surface area contributed by atoms with Gasteiger partial charge in [0.25, 0.3) is 0 Å². The van der Waals surface area contributed by atoms with Gasteiger partial charge in [0, 0.05) is 28.0 Å². The van der Waals surface area contributed by atoms with E-state index in [0.717, 1.165) is 21.3 Å². The number of aryl methyl sites for hydroxylation is 2. The maximum Gasteiger partial charge on any atom is 0.187 e. The summed E-state index contributed by atoms with van der Waals surface area (Å²) in [4.78, 5) is 11.9. The third-order valence-electron chi connectivity index (χ3n) is 2.98. The molecule has 2 rings (SSSR count). The Balaban J connectivity index is 2.00. The van der Waals surface area contributed by atoms with Crippen molar-refractivity contribution in [2.24, 2.45) is 0 Å². The summed E-state index contributed by atoms with van der Waals surface area (Å²) in [6.07, 6.45) is 3.22. The fourth-order valence-corrected chi connectivity index (χ4v) is 2.01. The highest BCUT2D eigenvalue weighted by molar-refractivity contribution is 9.10. The lowest BCUT2D eigenvalue weighted by Crippen LogP contribution is -1.96. The van der Waals surface area contributed by atoms with Gasteiger partial charge in [0.15, 0.2) is 5.78 Å². The summed E-state index contributed by atoms with van der Waals surface area (Å²) >= 11 is 3.46. The van der Waals surface area contributed by atoms with E-state index in [1.54, 1.807) is 12.3 Å². The molecule has 20 heavy (non-hydrogen) atoms. The highest BCUT2D eigenvalue weighted by atomic mass is 79.9. The van der Waals surface area contributed by atoms with Crippen LogP contribution in [0.3, 0.4) is 0 Å². The van der Waals surface area contributed by atoms with Crippen molar-refractivity contribution in [2.75, 3.05) is 5.32 Å². The zero-order valence-corrected chi connectivity index (χ0v) is 13.1. The van der Waals surface area contributed by atoms with Gasteiger partial charge >= 0.3 is 0 Å². The minimum atomic E-state index is -0.00802. The van der Waals surface area contributed by atoms with Gasteiger partial charge in [0.1, 0.15) is 0 Å². The van der Waals surface area contributed by atoms with Gasteiger partial charge in [-0.1, -0.05) is 45.8 Å². The van der Waals surface area contributed by atoms with Gasteiger partial charge in [0.2, 0.25) is 0 Å². The lowest BCUT2D eigenvalue weighted by Gasteiger charge is -2.03. The Kier molecular flexibility index (Phi) is 4.74. The number of carbonyl (C=O) groups is 1. The van der Waals surface area contributed by atoms with Crippen LogP contribution >= 0.6 is 15.9 Å². The van der Waals surface area contributed by atoms with E-state index in [2.05, 4.69) is 21.2 Å². The molecule has 0 fully saturated rings. The Morgan fingerprint density at radius 1 is 1.10 bits per heavy atom. The number of hydrogen-bond acceptors (Lipinski definition) is 2. The van der Waals surface area contributed by atoms with E-state index < -0.39 is 0 Å². The van der Waals surface area contributed by atoms with Crippen LogP contribution in [0.2, 0.25) is 0 Å². The number of nitrogens with one attached hydrogen (secondary N) is 1. The zero-order valence-electron chi connectivity index (χ0n) is 11.5. The van der Waals surface area contributed by atoms with Crippen molar-refractivity contribution < 1.29 is 4.79 Å². The average Bonchev–Trinajstić information content (AvgIpc) is 2.43. The molecular formula is C17H16BrNO. The number of anilines is 1. The number of carbonyl (C=O) groups excluding carboxylic acids is 1. The first-order valence-electron chi connectivity index (χ1n) is 6.36. The van der Waals surface area contributed by atoms with Crippen LogP contribution in [-0.2, 0) is 0 Å². The van der Waals surface area contributed by atoms with Gasteiger partial charge in [-0.25, -0.2) is 0 Å². The Hall–Kier alpha value is -1.87. The van der Waals surface area contributed by atoms with Gasteiger partial charge in [0.05, 0.1) is 0 Å². The van der Waals surface area contributed by atoms with Crippen molar-refractivity contribution in [3.8, 4) is 0 Å². The number of hydrogen-bond donors (Lipinski definition) is 1. The molecule has 0 aromatic heterocycles. The van der Waals surface area contributed by atoms with Crippen LogP contribution in [0, 0.1) is 13.8 Å². The van der Waals surface area contributed by atoms with Crippen LogP contribution in [0.4, 0.5) is 5.69 Å². The Bertz CT molecular complexity index is 645. The van der Waals surface area contributed by atoms with E-state index in [-0.39, 0.29) is 5.78 Å². The fourth-order valence-electron chi connectivity index (χ4n) is 1.76. The van der Waals surface area contributed by atoms with Gasteiger partial charge in [-0.15, -0.1) is 0 Å². The molecule has 0 saturated heterocycles. The third kappa shape index (κ3) is 3.81. The SMILES string of the molecule is Cc1ccc(C(=O)/C=C/Nc2ccc(Br)c(C)c2)cc1. The monoisotopic (exact) mass is 329 g/mol. The van der Waals surface area contributed by atoms with E-state index in [1.165, 1.54) is 0 Å². The average molecular weight is 330 g/mol. The second kappa shape index (κ2) is 6.53. The molecule has 0 spiro atoms. The number of rotatable bonds is 4. The molecule has 3 heteroatoms. The number of benzene rings is 2. The summed E-state index contributed by atoms with van der Waals surface area (Å²) in [5.74, 6) is -0.00802. The van der Waals surface area contributed by atoms with E-state index in [4.69, 9.17) is 0 Å². The minimum Gasteiger partial charge on any atom is -0.362 e. The van der Waals surface area contributed by atoms with Gasteiger partial charge < -0.3 is 5.32 Å². The van der Waals surface area contributed by atoms with Crippen LogP contribution in [0.15, 0.2) is 59.2 Å². The molecular weight excluding hydrogens is 314 g/mol. The first-order valence-corrected chi connectivity index (χ1v) is 7.16. The van der Waals surface area contributed by atoms with Crippen molar-refractivity contribution in [1.82, 2.24) is 0 Å². The van der Waals surface area contributed by atoms with Crippen LogP contribution in [0.5, 0.6) is 0 Å². The largest absolute Gasteiger partial charge is 0.362 e. The number of ketones is 1. The smallest absolute Gasteiger partial charge is 0.187 e. The summed E-state index contributed by atoms with van der Waals surface area (Å²) in [5, 5.41) is 3.10. The van der Waals surface area contributed by atoms with E-state index in [1.807, 2.05) is 56.3 Å².